The van der Waals surface area contributed by atoms with Gasteiger partial charge in [0.05, 0.1) is 24.0 Å². The zero-order chi connectivity index (χ0) is 31.0. The fraction of sp³-hybridized carbons (Fsp3) is 0.711. The fourth-order valence-corrected chi connectivity index (χ4v) is 10.1. The van der Waals surface area contributed by atoms with Crippen molar-refractivity contribution in [1.82, 2.24) is 0 Å². The summed E-state index contributed by atoms with van der Waals surface area (Å²) >= 11 is 0. The quantitative estimate of drug-likeness (QED) is 0.201. The Kier molecular flexibility index (Phi) is 9.31. The van der Waals surface area contributed by atoms with Crippen LogP contribution in [0.5, 0.6) is 0 Å². The molecule has 236 valence electrons. The molecule has 5 nitrogen and oxygen atoms in total. The maximum absolute atomic E-state index is 14.5. The van der Waals surface area contributed by atoms with Gasteiger partial charge in [-0.2, -0.15) is 0 Å². The average molecular weight is 591 g/mol. The molecule has 4 aliphatic rings. The van der Waals surface area contributed by atoms with Gasteiger partial charge in [0.2, 0.25) is 0 Å². The molecule has 2 saturated carbocycles. The number of rotatable bonds is 10. The maximum Gasteiger partial charge on any atom is 0.338 e. The SMILES string of the molecule is CCOC(=O)C[C@@]12C(=O)C[C@H]([C@H](C)CCCC(C)C)[C@@]1(C)CCC1=C2CC[C@H]2C[C@@H](OC(=O)c3ccccc3)CC[C@]12C. The number of esters is 2. The van der Waals surface area contributed by atoms with Gasteiger partial charge in [-0.15, -0.1) is 0 Å². The van der Waals surface area contributed by atoms with Crippen molar-refractivity contribution in [2.45, 2.75) is 125 Å². The third kappa shape index (κ3) is 5.63. The van der Waals surface area contributed by atoms with E-state index in [1.165, 1.54) is 24.0 Å². The molecule has 0 aromatic heterocycles. The number of carbonyl (C=O) groups excluding carboxylic acids is 3. The Morgan fingerprint density at radius 3 is 2.42 bits per heavy atom. The second-order valence-electron chi connectivity index (χ2n) is 15.1. The molecule has 0 saturated heterocycles. The molecule has 0 N–H and O–H groups in total. The fourth-order valence-electron chi connectivity index (χ4n) is 10.1. The first-order valence-electron chi connectivity index (χ1n) is 17.1. The molecule has 1 aromatic rings. The van der Waals surface area contributed by atoms with Gasteiger partial charge in [-0.05, 0) is 98.5 Å². The van der Waals surface area contributed by atoms with Crippen LogP contribution in [0.1, 0.15) is 129 Å². The molecule has 2 fully saturated rings. The number of fused-ring (bicyclic) bond motifs is 4. The molecule has 5 rings (SSSR count). The van der Waals surface area contributed by atoms with Crippen molar-refractivity contribution in [2.24, 2.45) is 39.9 Å². The van der Waals surface area contributed by atoms with Gasteiger partial charge in [0, 0.05) is 6.42 Å². The van der Waals surface area contributed by atoms with E-state index in [2.05, 4.69) is 34.6 Å². The van der Waals surface area contributed by atoms with E-state index in [1.54, 1.807) is 0 Å². The smallest absolute Gasteiger partial charge is 0.338 e. The molecule has 7 atom stereocenters. The summed E-state index contributed by atoms with van der Waals surface area (Å²) in [6.45, 7) is 13.8. The van der Waals surface area contributed by atoms with Gasteiger partial charge in [0.25, 0.3) is 0 Å². The number of hydrogen-bond donors (Lipinski definition) is 0. The normalized spacial score (nSPS) is 34.3. The minimum absolute atomic E-state index is 0.0343. The number of ketones is 1. The largest absolute Gasteiger partial charge is 0.466 e. The molecule has 0 aliphatic heterocycles. The monoisotopic (exact) mass is 590 g/mol. The molecule has 1 aromatic carbocycles. The Morgan fingerprint density at radius 2 is 1.72 bits per heavy atom. The standard InChI is InChI=1S/C38H54O5/c1-7-42-34(40)24-38-31-17-16-28-22-29(43-35(41)27-14-9-8-10-15-27)18-20-36(28,5)30(31)19-21-37(38,6)32(23-33(38)39)26(4)13-11-12-25(2)3/h8-10,14-15,25-26,28-29,32H,7,11-13,16-24H2,1-6H3/t26-,28+,29+,32-,36+,37-,38-/m1/s1. The summed E-state index contributed by atoms with van der Waals surface area (Å²) in [6, 6.07) is 9.27. The predicted octanol–water partition coefficient (Wildman–Crippen LogP) is 8.90. The topological polar surface area (TPSA) is 69.7 Å². The minimum atomic E-state index is -0.756. The van der Waals surface area contributed by atoms with Crippen LogP contribution in [-0.2, 0) is 19.1 Å². The van der Waals surface area contributed by atoms with E-state index in [0.717, 1.165) is 51.4 Å². The van der Waals surface area contributed by atoms with Crippen LogP contribution in [0.4, 0.5) is 0 Å². The summed E-state index contributed by atoms with van der Waals surface area (Å²) in [5.74, 6) is 1.63. The van der Waals surface area contributed by atoms with E-state index in [9.17, 15) is 14.4 Å². The molecule has 0 radical (unpaired) electrons. The number of allylic oxidation sites excluding steroid dienone is 2. The molecule has 5 heteroatoms. The number of Topliss-reactive ketones (excluding diaryl/α,β-unsaturated/α-hetero) is 1. The average Bonchev–Trinajstić information content (AvgIpc) is 3.20. The van der Waals surface area contributed by atoms with Crippen molar-refractivity contribution in [3.05, 3.63) is 47.0 Å². The molecular formula is C38H54O5. The van der Waals surface area contributed by atoms with Crippen LogP contribution < -0.4 is 0 Å². The number of ether oxygens (including phenoxy) is 2. The first kappa shape index (κ1) is 32.0. The summed E-state index contributed by atoms with van der Waals surface area (Å²) in [6.07, 6.45) is 10.6. The Hall–Kier alpha value is -2.43. The van der Waals surface area contributed by atoms with Crippen LogP contribution in [-0.4, -0.2) is 30.4 Å². The van der Waals surface area contributed by atoms with Crippen molar-refractivity contribution in [3.63, 3.8) is 0 Å². The first-order valence-corrected chi connectivity index (χ1v) is 17.1. The molecule has 0 spiro atoms. The molecular weight excluding hydrogens is 536 g/mol. The summed E-state index contributed by atoms with van der Waals surface area (Å²) in [7, 11) is 0. The first-order chi connectivity index (χ1) is 20.5. The maximum atomic E-state index is 14.5. The van der Waals surface area contributed by atoms with Gasteiger partial charge in [0.1, 0.15) is 11.9 Å². The van der Waals surface area contributed by atoms with Gasteiger partial charge < -0.3 is 9.47 Å². The van der Waals surface area contributed by atoms with E-state index in [1.807, 2.05) is 37.3 Å². The number of hydrogen-bond acceptors (Lipinski definition) is 5. The Balaban J connectivity index is 1.44. The second-order valence-corrected chi connectivity index (χ2v) is 15.1. The van der Waals surface area contributed by atoms with Crippen LogP contribution in [0.15, 0.2) is 41.5 Å². The van der Waals surface area contributed by atoms with Crippen LogP contribution in [0.25, 0.3) is 0 Å². The van der Waals surface area contributed by atoms with Gasteiger partial charge in [-0.25, -0.2) is 4.79 Å². The third-order valence-electron chi connectivity index (χ3n) is 12.4. The summed E-state index contributed by atoms with van der Waals surface area (Å²) < 4.78 is 11.6. The van der Waals surface area contributed by atoms with E-state index >= 15 is 0 Å². The van der Waals surface area contributed by atoms with Crippen molar-refractivity contribution in [1.29, 1.82) is 0 Å². The third-order valence-corrected chi connectivity index (χ3v) is 12.4. The van der Waals surface area contributed by atoms with Gasteiger partial charge in [0.15, 0.2) is 0 Å². The van der Waals surface area contributed by atoms with Gasteiger partial charge in [-0.1, -0.05) is 83.2 Å². The highest BCUT2D eigenvalue weighted by Crippen LogP contribution is 2.71. The Morgan fingerprint density at radius 1 is 0.977 bits per heavy atom. The number of benzene rings is 1. The molecule has 0 amide bonds. The number of carbonyl (C=O) groups is 3. The lowest BCUT2D eigenvalue weighted by Gasteiger charge is -2.58. The second kappa shape index (κ2) is 12.5. The molecule has 0 unspecified atom stereocenters. The lowest BCUT2D eigenvalue weighted by Crippen LogP contribution is -2.53. The van der Waals surface area contributed by atoms with E-state index in [4.69, 9.17) is 9.47 Å². The van der Waals surface area contributed by atoms with E-state index < -0.39 is 5.41 Å². The van der Waals surface area contributed by atoms with Crippen molar-refractivity contribution >= 4 is 17.7 Å². The zero-order valence-electron chi connectivity index (χ0n) is 27.5. The highest BCUT2D eigenvalue weighted by atomic mass is 16.5. The van der Waals surface area contributed by atoms with Crippen LogP contribution >= 0.6 is 0 Å². The summed E-state index contributed by atoms with van der Waals surface area (Å²) in [4.78, 5) is 40.7. The van der Waals surface area contributed by atoms with Gasteiger partial charge in [-0.3, -0.25) is 9.59 Å². The molecule has 4 aliphatic carbocycles. The van der Waals surface area contributed by atoms with Crippen molar-refractivity contribution in [3.8, 4) is 0 Å². The van der Waals surface area contributed by atoms with Crippen LogP contribution in [0, 0.1) is 39.9 Å². The summed E-state index contributed by atoms with van der Waals surface area (Å²) in [5.41, 5.74) is 2.31. The van der Waals surface area contributed by atoms with Crippen LogP contribution in [0.3, 0.4) is 0 Å². The van der Waals surface area contributed by atoms with Crippen LogP contribution in [0.2, 0.25) is 0 Å². The highest BCUT2D eigenvalue weighted by Gasteiger charge is 2.68. The van der Waals surface area contributed by atoms with Gasteiger partial charge >= 0.3 is 11.9 Å². The highest BCUT2D eigenvalue weighted by molar-refractivity contribution is 5.96. The molecule has 0 bridgehead atoms. The molecule has 0 heterocycles. The summed E-state index contributed by atoms with van der Waals surface area (Å²) in [5, 5.41) is 0. The van der Waals surface area contributed by atoms with E-state index in [0.29, 0.717) is 36.3 Å². The minimum Gasteiger partial charge on any atom is -0.466 e. The Bertz CT molecular complexity index is 1230. The lowest BCUT2D eigenvalue weighted by molar-refractivity contribution is -0.152. The van der Waals surface area contributed by atoms with E-state index in [-0.39, 0.29) is 47.0 Å². The zero-order valence-corrected chi connectivity index (χ0v) is 27.5. The Labute approximate surface area is 259 Å². The molecule has 43 heavy (non-hydrogen) atoms. The van der Waals surface area contributed by atoms with Crippen molar-refractivity contribution < 1.29 is 23.9 Å². The lowest BCUT2D eigenvalue weighted by atomic mass is 9.45. The predicted molar refractivity (Wildman–Crippen MR) is 169 cm³/mol. The van der Waals surface area contributed by atoms with Crippen molar-refractivity contribution in [2.75, 3.05) is 6.61 Å².